The van der Waals surface area contributed by atoms with Gasteiger partial charge in [0, 0.05) is 17.3 Å². The first-order valence-corrected chi connectivity index (χ1v) is 9.12. The number of aromatic nitrogens is 1. The number of nitrogens with zero attached hydrogens (tertiary/aromatic N) is 1. The molecule has 0 amide bonds. The highest BCUT2D eigenvalue weighted by molar-refractivity contribution is 6.30. The van der Waals surface area contributed by atoms with Gasteiger partial charge in [0.15, 0.2) is 0 Å². The minimum atomic E-state index is 0.0327. The molecule has 0 radical (unpaired) electrons. The van der Waals surface area contributed by atoms with Gasteiger partial charge in [0.25, 0.3) is 5.88 Å². The molecule has 5 heteroatoms. The average molecular weight is 363 g/mol. The minimum absolute atomic E-state index is 0.0327. The van der Waals surface area contributed by atoms with Crippen molar-refractivity contribution in [3.63, 3.8) is 0 Å². The number of rotatable bonds is 7. The second-order valence-corrected chi connectivity index (χ2v) is 6.94. The van der Waals surface area contributed by atoms with Gasteiger partial charge in [-0.15, -0.1) is 0 Å². The number of aromatic hydroxyl groups is 1. The van der Waals surface area contributed by atoms with Gasteiger partial charge in [-0.1, -0.05) is 38.3 Å². The summed E-state index contributed by atoms with van der Waals surface area (Å²) in [5.41, 5.74) is 3.24. The van der Waals surface area contributed by atoms with Crippen LogP contribution in [-0.4, -0.2) is 16.6 Å². The molecule has 1 heterocycles. The number of hydrogen-bond acceptors (Lipinski definition) is 4. The molecule has 0 aliphatic carbocycles. The molecular formula is C20H27ClN2O2. The first kappa shape index (κ1) is 19.4. The van der Waals surface area contributed by atoms with Crippen LogP contribution in [0.1, 0.15) is 43.5 Å². The van der Waals surface area contributed by atoms with Crippen LogP contribution in [0.4, 0.5) is 5.69 Å². The Morgan fingerprint density at radius 1 is 1.12 bits per heavy atom. The number of anilines is 1. The Hall–Kier alpha value is -1.94. The second kappa shape index (κ2) is 8.43. The van der Waals surface area contributed by atoms with E-state index in [1.165, 1.54) is 0 Å². The van der Waals surface area contributed by atoms with Crippen LogP contribution in [0, 0.1) is 26.7 Å². The largest absolute Gasteiger partial charge is 0.502 e. The van der Waals surface area contributed by atoms with Crippen molar-refractivity contribution in [3.8, 4) is 17.4 Å². The van der Waals surface area contributed by atoms with Crippen molar-refractivity contribution in [2.75, 3.05) is 11.9 Å². The molecule has 0 fully saturated rings. The molecule has 136 valence electrons. The quantitative estimate of drug-likeness (QED) is 0.633. The van der Waals surface area contributed by atoms with Crippen LogP contribution in [0.2, 0.25) is 5.02 Å². The summed E-state index contributed by atoms with van der Waals surface area (Å²) in [6, 6.07) is 5.51. The van der Waals surface area contributed by atoms with Gasteiger partial charge in [-0.25, -0.2) is 4.98 Å². The summed E-state index contributed by atoms with van der Waals surface area (Å²) in [5.74, 6) is 1.48. The Balaban J connectivity index is 2.30. The van der Waals surface area contributed by atoms with Gasteiger partial charge in [0.1, 0.15) is 5.75 Å². The number of halogens is 1. The molecule has 0 atom stereocenters. The predicted molar refractivity (Wildman–Crippen MR) is 104 cm³/mol. The zero-order valence-corrected chi connectivity index (χ0v) is 16.4. The highest BCUT2D eigenvalue weighted by atomic mass is 35.5. The van der Waals surface area contributed by atoms with E-state index in [-0.39, 0.29) is 11.6 Å². The lowest BCUT2D eigenvalue weighted by atomic mass is 10.0. The van der Waals surface area contributed by atoms with Crippen LogP contribution in [0.3, 0.4) is 0 Å². The first-order valence-electron chi connectivity index (χ1n) is 8.74. The summed E-state index contributed by atoms with van der Waals surface area (Å²) >= 11 is 6.07. The third kappa shape index (κ3) is 4.79. The van der Waals surface area contributed by atoms with Crippen LogP contribution >= 0.6 is 11.6 Å². The standard InChI is InChI=1S/C20H27ClN2O2/c1-6-15(7-2)11-22-17-10-14(5)23-20(18(17)24)25-19-12(3)8-16(21)9-13(19)4/h8-10,15,24H,6-7,11H2,1-5H3,(H,22,23). The van der Waals surface area contributed by atoms with E-state index >= 15 is 0 Å². The number of benzene rings is 1. The summed E-state index contributed by atoms with van der Waals surface area (Å²) in [7, 11) is 0. The fourth-order valence-corrected chi connectivity index (χ4v) is 3.16. The van der Waals surface area contributed by atoms with E-state index in [9.17, 15) is 5.11 Å². The Labute approximate surface area is 155 Å². The minimum Gasteiger partial charge on any atom is -0.502 e. The van der Waals surface area contributed by atoms with Crippen molar-refractivity contribution in [3.05, 3.63) is 40.0 Å². The zero-order valence-electron chi connectivity index (χ0n) is 15.6. The van der Waals surface area contributed by atoms with Crippen molar-refractivity contribution >= 4 is 17.3 Å². The highest BCUT2D eigenvalue weighted by Gasteiger charge is 2.16. The van der Waals surface area contributed by atoms with Gasteiger partial charge in [-0.2, -0.15) is 0 Å². The van der Waals surface area contributed by atoms with E-state index in [1.807, 2.05) is 39.0 Å². The number of nitrogens with one attached hydrogen (secondary N) is 1. The molecule has 4 nitrogen and oxygen atoms in total. The topological polar surface area (TPSA) is 54.4 Å². The van der Waals surface area contributed by atoms with Gasteiger partial charge in [-0.3, -0.25) is 0 Å². The Bertz CT molecular complexity index is 720. The summed E-state index contributed by atoms with van der Waals surface area (Å²) in [6.45, 7) is 10.9. The Morgan fingerprint density at radius 2 is 1.72 bits per heavy atom. The van der Waals surface area contributed by atoms with Gasteiger partial charge < -0.3 is 15.2 Å². The lowest BCUT2D eigenvalue weighted by molar-refractivity contribution is 0.394. The van der Waals surface area contributed by atoms with E-state index < -0.39 is 0 Å². The number of ether oxygens (including phenoxy) is 1. The average Bonchev–Trinajstić information content (AvgIpc) is 2.55. The lowest BCUT2D eigenvalue weighted by Crippen LogP contribution is -2.13. The molecule has 1 aromatic carbocycles. The summed E-state index contributed by atoms with van der Waals surface area (Å²) in [4.78, 5) is 4.36. The van der Waals surface area contributed by atoms with Crippen LogP contribution in [0.15, 0.2) is 18.2 Å². The smallest absolute Gasteiger partial charge is 0.264 e. The molecule has 0 saturated carbocycles. The predicted octanol–water partition coefficient (Wildman–Crippen LogP) is 6.01. The van der Waals surface area contributed by atoms with Crippen molar-refractivity contribution < 1.29 is 9.84 Å². The van der Waals surface area contributed by atoms with Crippen LogP contribution in [0.25, 0.3) is 0 Å². The molecule has 25 heavy (non-hydrogen) atoms. The fraction of sp³-hybridized carbons (Fsp3) is 0.450. The SMILES string of the molecule is CCC(CC)CNc1cc(C)nc(Oc2c(C)cc(Cl)cc2C)c1O. The third-order valence-corrected chi connectivity index (χ3v) is 4.67. The van der Waals surface area contributed by atoms with Crippen LogP contribution in [-0.2, 0) is 0 Å². The number of pyridine rings is 1. The molecule has 0 saturated heterocycles. The van der Waals surface area contributed by atoms with Crippen molar-refractivity contribution in [1.29, 1.82) is 0 Å². The lowest BCUT2D eigenvalue weighted by Gasteiger charge is -2.18. The van der Waals surface area contributed by atoms with E-state index in [4.69, 9.17) is 16.3 Å². The van der Waals surface area contributed by atoms with Gasteiger partial charge >= 0.3 is 0 Å². The Morgan fingerprint density at radius 3 is 2.28 bits per heavy atom. The molecule has 2 aromatic rings. The molecule has 2 rings (SSSR count). The molecule has 1 aromatic heterocycles. The zero-order chi connectivity index (χ0) is 18.6. The van der Waals surface area contributed by atoms with Crippen molar-refractivity contribution in [2.24, 2.45) is 5.92 Å². The van der Waals surface area contributed by atoms with Crippen molar-refractivity contribution in [2.45, 2.75) is 47.5 Å². The Kier molecular flexibility index (Phi) is 6.54. The maximum Gasteiger partial charge on any atom is 0.264 e. The molecule has 0 aliphatic rings. The summed E-state index contributed by atoms with van der Waals surface area (Å²) in [6.07, 6.45) is 2.20. The van der Waals surface area contributed by atoms with Gasteiger partial charge in [-0.05, 0) is 56.0 Å². The molecular weight excluding hydrogens is 336 g/mol. The normalized spacial score (nSPS) is 11.0. The summed E-state index contributed by atoms with van der Waals surface area (Å²) < 4.78 is 5.95. The van der Waals surface area contributed by atoms with Crippen LogP contribution in [0.5, 0.6) is 17.4 Å². The number of aryl methyl sites for hydroxylation is 3. The summed E-state index contributed by atoms with van der Waals surface area (Å²) in [5, 5.41) is 14.6. The maximum atomic E-state index is 10.6. The van der Waals surface area contributed by atoms with E-state index in [1.54, 1.807) is 0 Å². The van der Waals surface area contributed by atoms with E-state index in [2.05, 4.69) is 24.1 Å². The van der Waals surface area contributed by atoms with Crippen LogP contribution < -0.4 is 10.1 Å². The fourth-order valence-electron chi connectivity index (χ4n) is 2.83. The van der Waals surface area contributed by atoms with Gasteiger partial charge in [0.05, 0.1) is 5.69 Å². The molecule has 0 unspecified atom stereocenters. The monoisotopic (exact) mass is 362 g/mol. The molecule has 0 bridgehead atoms. The van der Waals surface area contributed by atoms with E-state index in [0.717, 1.165) is 36.2 Å². The molecule has 0 spiro atoms. The first-order chi connectivity index (χ1) is 11.8. The van der Waals surface area contributed by atoms with E-state index in [0.29, 0.717) is 22.4 Å². The second-order valence-electron chi connectivity index (χ2n) is 6.50. The van der Waals surface area contributed by atoms with Gasteiger partial charge in [0.2, 0.25) is 5.75 Å². The number of hydrogen-bond donors (Lipinski definition) is 2. The third-order valence-electron chi connectivity index (χ3n) is 4.45. The van der Waals surface area contributed by atoms with Crippen molar-refractivity contribution in [1.82, 2.24) is 4.98 Å². The maximum absolute atomic E-state index is 10.6. The highest BCUT2D eigenvalue weighted by Crippen LogP contribution is 2.38. The molecule has 0 aliphatic heterocycles. The molecule has 2 N–H and O–H groups in total.